The Morgan fingerprint density at radius 2 is 2.30 bits per heavy atom. The first-order chi connectivity index (χ1) is 4.84. The molecule has 1 fully saturated rings. The second-order valence-electron chi connectivity index (χ2n) is 3.06. The van der Waals surface area contributed by atoms with Crippen LogP contribution in [0.1, 0.15) is 26.2 Å². The molecule has 0 bridgehead atoms. The molecule has 0 saturated heterocycles. The lowest BCUT2D eigenvalue weighted by Gasteiger charge is -2.07. The summed E-state index contributed by atoms with van der Waals surface area (Å²) >= 11 is 0. The van der Waals surface area contributed by atoms with Crippen LogP contribution < -0.4 is 0 Å². The van der Waals surface area contributed by atoms with Crippen molar-refractivity contribution in [1.29, 1.82) is 5.26 Å². The van der Waals surface area contributed by atoms with E-state index in [1.165, 1.54) is 19.3 Å². The van der Waals surface area contributed by atoms with Gasteiger partial charge in [0.15, 0.2) is 0 Å². The number of rotatable bonds is 1. The van der Waals surface area contributed by atoms with Crippen molar-refractivity contribution in [2.45, 2.75) is 26.2 Å². The maximum atomic E-state index is 8.28. The van der Waals surface area contributed by atoms with E-state index < -0.39 is 0 Å². The van der Waals surface area contributed by atoms with Crippen LogP contribution >= 0.6 is 0 Å². The van der Waals surface area contributed by atoms with Gasteiger partial charge in [0.2, 0.25) is 0 Å². The van der Waals surface area contributed by atoms with Gasteiger partial charge in [-0.2, -0.15) is 5.26 Å². The highest BCUT2D eigenvalue weighted by molar-refractivity contribution is 5.05. The molecule has 0 unspecified atom stereocenters. The van der Waals surface area contributed by atoms with Crippen LogP contribution in [0.2, 0.25) is 0 Å². The monoisotopic (exact) mass is 135 g/mol. The zero-order valence-electron chi connectivity index (χ0n) is 6.38. The molecule has 10 heavy (non-hydrogen) atoms. The van der Waals surface area contributed by atoms with Crippen LogP contribution in [0.25, 0.3) is 0 Å². The molecule has 0 heterocycles. The standard InChI is InChI=1S/C9H13N/c1-8-4-2-5-9(8)6-3-7-10/h3,6,8-9H,2,4-5H2,1H3/t8-,9-/m0/s1. The molecule has 0 aromatic heterocycles. The number of hydrogen-bond donors (Lipinski definition) is 0. The Bertz CT molecular complexity index is 164. The van der Waals surface area contributed by atoms with Gasteiger partial charge in [-0.15, -0.1) is 0 Å². The molecule has 0 N–H and O–H groups in total. The summed E-state index contributed by atoms with van der Waals surface area (Å²) in [7, 11) is 0. The van der Waals surface area contributed by atoms with E-state index in [0.29, 0.717) is 5.92 Å². The van der Waals surface area contributed by atoms with E-state index in [4.69, 9.17) is 5.26 Å². The number of nitriles is 1. The van der Waals surface area contributed by atoms with Crippen LogP contribution in [0.3, 0.4) is 0 Å². The molecule has 1 aliphatic rings. The van der Waals surface area contributed by atoms with Crippen LogP contribution in [-0.4, -0.2) is 0 Å². The van der Waals surface area contributed by atoms with Gasteiger partial charge in [-0.25, -0.2) is 0 Å². The van der Waals surface area contributed by atoms with E-state index in [1.54, 1.807) is 6.08 Å². The largest absolute Gasteiger partial charge is 0.193 e. The lowest BCUT2D eigenvalue weighted by molar-refractivity contribution is 0.504. The molecule has 1 heteroatoms. The van der Waals surface area contributed by atoms with Crippen molar-refractivity contribution < 1.29 is 0 Å². The van der Waals surface area contributed by atoms with Crippen LogP contribution in [0.4, 0.5) is 0 Å². The van der Waals surface area contributed by atoms with Crippen molar-refractivity contribution in [1.82, 2.24) is 0 Å². The fraction of sp³-hybridized carbons (Fsp3) is 0.667. The average Bonchev–Trinajstić information content (AvgIpc) is 2.31. The third-order valence-electron chi connectivity index (χ3n) is 2.35. The van der Waals surface area contributed by atoms with Crippen molar-refractivity contribution in [2.75, 3.05) is 0 Å². The van der Waals surface area contributed by atoms with E-state index in [-0.39, 0.29) is 0 Å². The highest BCUT2D eigenvalue weighted by atomic mass is 14.3. The van der Waals surface area contributed by atoms with Crippen LogP contribution in [0, 0.1) is 23.2 Å². The van der Waals surface area contributed by atoms with Gasteiger partial charge in [-0.1, -0.05) is 25.8 Å². The molecule has 0 radical (unpaired) electrons. The summed E-state index contributed by atoms with van der Waals surface area (Å²) in [5.41, 5.74) is 0. The lowest BCUT2D eigenvalue weighted by Crippen LogP contribution is -1.98. The van der Waals surface area contributed by atoms with Gasteiger partial charge in [0, 0.05) is 6.08 Å². The zero-order chi connectivity index (χ0) is 7.40. The number of nitrogens with zero attached hydrogens (tertiary/aromatic N) is 1. The quantitative estimate of drug-likeness (QED) is 0.507. The van der Waals surface area contributed by atoms with Gasteiger partial charge in [0.1, 0.15) is 0 Å². The molecule has 1 aliphatic carbocycles. The second kappa shape index (κ2) is 3.41. The van der Waals surface area contributed by atoms with Crippen LogP contribution in [0.15, 0.2) is 12.2 Å². The van der Waals surface area contributed by atoms with E-state index in [1.807, 2.05) is 6.07 Å². The smallest absolute Gasteiger partial charge is 0.0908 e. The fourth-order valence-corrected chi connectivity index (χ4v) is 1.63. The fourth-order valence-electron chi connectivity index (χ4n) is 1.63. The van der Waals surface area contributed by atoms with E-state index in [0.717, 1.165) is 5.92 Å². The SMILES string of the molecule is C[C@H]1CCC[C@H]1C=CC#N. The average molecular weight is 135 g/mol. The Hall–Kier alpha value is -0.770. The normalized spacial score (nSPS) is 32.8. The summed E-state index contributed by atoms with van der Waals surface area (Å²) in [5.74, 6) is 1.48. The van der Waals surface area contributed by atoms with Crippen molar-refractivity contribution in [3.63, 3.8) is 0 Å². The van der Waals surface area contributed by atoms with Gasteiger partial charge in [-0.05, 0) is 18.3 Å². The van der Waals surface area contributed by atoms with E-state index >= 15 is 0 Å². The van der Waals surface area contributed by atoms with E-state index in [9.17, 15) is 0 Å². The highest BCUT2D eigenvalue weighted by Crippen LogP contribution is 2.31. The minimum absolute atomic E-state index is 0.680. The third-order valence-corrected chi connectivity index (χ3v) is 2.35. The molecule has 0 aromatic rings. The third kappa shape index (κ3) is 1.60. The topological polar surface area (TPSA) is 23.8 Å². The van der Waals surface area contributed by atoms with E-state index in [2.05, 4.69) is 13.0 Å². The molecule has 1 rings (SSSR count). The Labute approximate surface area is 62.4 Å². The molecule has 2 atom stereocenters. The highest BCUT2D eigenvalue weighted by Gasteiger charge is 2.19. The Morgan fingerprint density at radius 1 is 1.50 bits per heavy atom. The summed E-state index contributed by atoms with van der Waals surface area (Å²) < 4.78 is 0. The predicted molar refractivity (Wildman–Crippen MR) is 41.3 cm³/mol. The lowest BCUT2D eigenvalue weighted by atomic mass is 9.98. The van der Waals surface area contributed by atoms with Gasteiger partial charge >= 0.3 is 0 Å². The molecule has 1 saturated carbocycles. The second-order valence-corrected chi connectivity index (χ2v) is 3.06. The summed E-state index contributed by atoms with van der Waals surface area (Å²) in [6.07, 6.45) is 7.62. The van der Waals surface area contributed by atoms with Gasteiger partial charge in [-0.3, -0.25) is 0 Å². The molecule has 0 aromatic carbocycles. The Balaban J connectivity index is 2.42. The maximum Gasteiger partial charge on any atom is 0.0908 e. The van der Waals surface area contributed by atoms with Crippen molar-refractivity contribution in [2.24, 2.45) is 11.8 Å². The minimum Gasteiger partial charge on any atom is -0.193 e. The van der Waals surface area contributed by atoms with Crippen molar-refractivity contribution in [3.8, 4) is 6.07 Å². The molecular weight excluding hydrogens is 122 g/mol. The number of allylic oxidation sites excluding steroid dienone is 2. The van der Waals surface area contributed by atoms with Gasteiger partial charge < -0.3 is 0 Å². The first kappa shape index (κ1) is 7.34. The van der Waals surface area contributed by atoms with Crippen molar-refractivity contribution >= 4 is 0 Å². The van der Waals surface area contributed by atoms with Gasteiger partial charge in [0.25, 0.3) is 0 Å². The molecular formula is C9H13N. The minimum atomic E-state index is 0.680. The summed E-state index contributed by atoms with van der Waals surface area (Å²) in [6.45, 7) is 2.26. The summed E-state index contributed by atoms with van der Waals surface area (Å²) in [4.78, 5) is 0. The van der Waals surface area contributed by atoms with Crippen molar-refractivity contribution in [3.05, 3.63) is 12.2 Å². The molecule has 0 spiro atoms. The maximum absolute atomic E-state index is 8.28. The summed E-state index contributed by atoms with van der Waals surface area (Å²) in [6, 6.07) is 2.03. The predicted octanol–water partition coefficient (Wildman–Crippen LogP) is 2.50. The first-order valence-corrected chi connectivity index (χ1v) is 3.91. The molecule has 0 aliphatic heterocycles. The Morgan fingerprint density at radius 3 is 2.80 bits per heavy atom. The van der Waals surface area contributed by atoms with Gasteiger partial charge in [0.05, 0.1) is 6.07 Å². The summed E-state index contributed by atoms with van der Waals surface area (Å²) in [5, 5.41) is 8.28. The number of hydrogen-bond acceptors (Lipinski definition) is 1. The van der Waals surface area contributed by atoms with Crippen LogP contribution in [0.5, 0.6) is 0 Å². The van der Waals surface area contributed by atoms with Crippen LogP contribution in [-0.2, 0) is 0 Å². The molecule has 0 amide bonds. The Kier molecular flexibility index (Phi) is 2.50. The zero-order valence-corrected chi connectivity index (χ0v) is 6.38. The molecule has 1 nitrogen and oxygen atoms in total. The first-order valence-electron chi connectivity index (χ1n) is 3.91. The molecule has 54 valence electrons.